The minimum Gasteiger partial charge on any atom is -0.480 e. The van der Waals surface area contributed by atoms with Crippen molar-refractivity contribution >= 4 is 32.1 Å². The van der Waals surface area contributed by atoms with Crippen molar-refractivity contribution in [3.63, 3.8) is 0 Å². The summed E-state index contributed by atoms with van der Waals surface area (Å²) in [7, 11) is -8.46. The van der Waals surface area contributed by atoms with E-state index in [9.17, 15) is 23.1 Å². The number of carboxylic acids is 1. The molecule has 1 aromatic rings. The van der Waals surface area contributed by atoms with Gasteiger partial charge in [0.1, 0.15) is 10.1 Å². The minimum atomic E-state index is -4.67. The molecule has 0 radical (unpaired) electrons. The number of amides is 1. The Hall–Kier alpha value is -2.10. The molecular formula is C10H14N4O9S2. The van der Waals surface area contributed by atoms with Crippen LogP contribution in [0, 0.1) is 0 Å². The number of fused-ring (bicyclic) bond motifs is 1. The zero-order valence-electron chi connectivity index (χ0n) is 12.6. The molecule has 0 saturated carbocycles. The number of rotatable bonds is 3. The molecule has 2 aliphatic rings. The van der Waals surface area contributed by atoms with Gasteiger partial charge >= 0.3 is 16.4 Å². The Kier molecular flexibility index (Phi) is 4.62. The van der Waals surface area contributed by atoms with Gasteiger partial charge in [-0.1, -0.05) is 5.21 Å². The number of aliphatic carboxylic acids is 1. The molecule has 0 aromatic carbocycles. The first-order valence-electron chi connectivity index (χ1n) is 6.60. The first-order valence-corrected chi connectivity index (χ1v) is 9.55. The lowest BCUT2D eigenvalue weighted by Crippen LogP contribution is -2.58. The van der Waals surface area contributed by atoms with Crippen LogP contribution in [0.25, 0.3) is 0 Å². The molecule has 25 heavy (non-hydrogen) atoms. The quantitative estimate of drug-likeness (QED) is 0.370. The van der Waals surface area contributed by atoms with Crippen molar-refractivity contribution in [3.8, 4) is 0 Å². The van der Waals surface area contributed by atoms with Crippen LogP contribution in [0.5, 0.6) is 0 Å². The van der Waals surface area contributed by atoms with Gasteiger partial charge in [0, 0.05) is 6.20 Å². The summed E-state index contributed by atoms with van der Waals surface area (Å²) in [5, 5.41) is 15.6. The van der Waals surface area contributed by atoms with Crippen molar-refractivity contribution in [1.82, 2.24) is 19.9 Å². The maximum absolute atomic E-state index is 12.5. The molecule has 0 unspecified atom stereocenters. The SMILES string of the molecule is C[C@]1(Cn2ccnn2)[C@H](C(=O)O)N2C(=O)C[C@H]2S1(=O)=O.O=S(=O)(O)O. The molecule has 0 bridgehead atoms. The van der Waals surface area contributed by atoms with Gasteiger partial charge in [0.2, 0.25) is 5.91 Å². The number of nitrogens with zero attached hydrogens (tertiary/aromatic N) is 4. The highest BCUT2D eigenvalue weighted by Gasteiger charge is 2.70. The van der Waals surface area contributed by atoms with Gasteiger partial charge in [-0.2, -0.15) is 8.42 Å². The second kappa shape index (κ2) is 6.01. The van der Waals surface area contributed by atoms with Crippen LogP contribution in [0.2, 0.25) is 0 Å². The second-order valence-electron chi connectivity index (χ2n) is 5.61. The van der Waals surface area contributed by atoms with E-state index in [-0.39, 0.29) is 13.0 Å². The summed E-state index contributed by atoms with van der Waals surface area (Å²) < 4.78 is 56.3. The largest absolute Gasteiger partial charge is 0.480 e. The van der Waals surface area contributed by atoms with Crippen molar-refractivity contribution in [2.24, 2.45) is 0 Å². The normalized spacial score (nSPS) is 30.0. The van der Waals surface area contributed by atoms with Crippen LogP contribution in [0.3, 0.4) is 0 Å². The Balaban J connectivity index is 0.000000399. The van der Waals surface area contributed by atoms with Crippen LogP contribution in [0.4, 0.5) is 0 Å². The van der Waals surface area contributed by atoms with Gasteiger partial charge in [0.15, 0.2) is 15.9 Å². The van der Waals surface area contributed by atoms with E-state index >= 15 is 0 Å². The van der Waals surface area contributed by atoms with Crippen LogP contribution in [-0.2, 0) is 36.4 Å². The zero-order valence-corrected chi connectivity index (χ0v) is 14.3. The molecule has 0 spiro atoms. The van der Waals surface area contributed by atoms with E-state index < -0.39 is 48.3 Å². The maximum Gasteiger partial charge on any atom is 0.394 e. The molecular weight excluding hydrogens is 384 g/mol. The van der Waals surface area contributed by atoms with Gasteiger partial charge in [0.05, 0.1) is 19.2 Å². The smallest absolute Gasteiger partial charge is 0.394 e. The highest BCUT2D eigenvalue weighted by molar-refractivity contribution is 7.93. The second-order valence-corrected chi connectivity index (χ2v) is 9.07. The predicted octanol–water partition coefficient (Wildman–Crippen LogP) is -2.18. The van der Waals surface area contributed by atoms with E-state index in [4.69, 9.17) is 17.5 Å². The summed E-state index contributed by atoms with van der Waals surface area (Å²) in [4.78, 5) is 24.0. The fourth-order valence-electron chi connectivity index (χ4n) is 2.93. The first kappa shape index (κ1) is 19.2. The molecule has 15 heteroatoms. The van der Waals surface area contributed by atoms with Crippen LogP contribution in [0.1, 0.15) is 13.3 Å². The van der Waals surface area contributed by atoms with Crippen molar-refractivity contribution < 1.29 is 40.6 Å². The molecule has 3 atom stereocenters. The topological polar surface area (TPSA) is 197 Å². The number of carbonyl (C=O) groups excluding carboxylic acids is 1. The maximum atomic E-state index is 12.5. The third kappa shape index (κ3) is 3.35. The minimum absolute atomic E-state index is 0.154. The third-order valence-corrected chi connectivity index (χ3v) is 6.76. The highest BCUT2D eigenvalue weighted by atomic mass is 32.3. The standard InChI is InChI=1S/C10H12N4O5S.H2O4S/c1-10(5-13-3-2-11-12-13)8(9(16)17)14-6(15)4-7(14)20(10,18)19;1-5(2,3)4/h2-3,7-8H,4-5H2,1H3,(H,16,17);(H2,1,2,3,4)/t7-,8+,10+;/m1./s1. The fourth-order valence-corrected chi connectivity index (χ4v) is 5.29. The van der Waals surface area contributed by atoms with Crippen molar-refractivity contribution in [2.75, 3.05) is 0 Å². The van der Waals surface area contributed by atoms with E-state index in [2.05, 4.69) is 10.3 Å². The summed E-state index contributed by atoms with van der Waals surface area (Å²) in [6.45, 7) is 1.18. The lowest BCUT2D eigenvalue weighted by Gasteiger charge is -2.35. The van der Waals surface area contributed by atoms with Crippen molar-refractivity contribution in [1.29, 1.82) is 0 Å². The number of hydrogen-bond donors (Lipinski definition) is 3. The summed E-state index contributed by atoms with van der Waals surface area (Å²) in [6.07, 6.45) is 2.68. The molecule has 2 aliphatic heterocycles. The number of carbonyl (C=O) groups is 2. The van der Waals surface area contributed by atoms with Gasteiger partial charge in [-0.3, -0.25) is 18.6 Å². The summed E-state index contributed by atoms with van der Waals surface area (Å²) in [5.74, 6) is -1.78. The Labute approximate surface area is 141 Å². The van der Waals surface area contributed by atoms with E-state index in [0.29, 0.717) is 0 Å². The monoisotopic (exact) mass is 398 g/mol. The molecule has 1 amide bonds. The number of carboxylic acid groups (broad SMARTS) is 1. The first-order chi connectivity index (χ1) is 11.3. The van der Waals surface area contributed by atoms with E-state index in [1.807, 2.05) is 0 Å². The van der Waals surface area contributed by atoms with Gasteiger partial charge in [-0.25, -0.2) is 13.2 Å². The molecule has 3 heterocycles. The third-order valence-electron chi connectivity index (χ3n) is 3.99. The summed E-state index contributed by atoms with van der Waals surface area (Å²) in [5.41, 5.74) is 0. The van der Waals surface area contributed by atoms with Crippen molar-refractivity contribution in [3.05, 3.63) is 12.4 Å². The molecule has 140 valence electrons. The highest BCUT2D eigenvalue weighted by Crippen LogP contribution is 2.46. The average molecular weight is 398 g/mol. The summed E-state index contributed by atoms with van der Waals surface area (Å²) in [6, 6.07) is -1.40. The number of aromatic nitrogens is 3. The van der Waals surface area contributed by atoms with Crippen molar-refractivity contribution in [2.45, 2.75) is 36.1 Å². The zero-order chi connectivity index (χ0) is 19.2. The lowest BCUT2D eigenvalue weighted by molar-refractivity contribution is -0.157. The Morgan fingerprint density at radius 1 is 1.44 bits per heavy atom. The van der Waals surface area contributed by atoms with Gasteiger partial charge in [-0.15, -0.1) is 5.10 Å². The molecule has 2 fully saturated rings. The molecule has 1 aromatic heterocycles. The number of hydrogen-bond acceptors (Lipinski definition) is 8. The molecule has 13 nitrogen and oxygen atoms in total. The Morgan fingerprint density at radius 2 is 2.00 bits per heavy atom. The van der Waals surface area contributed by atoms with Gasteiger partial charge in [0.25, 0.3) is 0 Å². The van der Waals surface area contributed by atoms with E-state index in [1.54, 1.807) is 0 Å². The average Bonchev–Trinajstić information content (AvgIpc) is 2.95. The Morgan fingerprint density at radius 3 is 2.40 bits per heavy atom. The molecule has 3 N–H and O–H groups in total. The van der Waals surface area contributed by atoms with Crippen LogP contribution < -0.4 is 0 Å². The van der Waals surface area contributed by atoms with Gasteiger partial charge in [-0.05, 0) is 6.92 Å². The molecule has 3 rings (SSSR count). The van der Waals surface area contributed by atoms with Crippen LogP contribution >= 0.6 is 0 Å². The number of sulfone groups is 1. The molecule has 0 aliphatic carbocycles. The van der Waals surface area contributed by atoms with E-state index in [0.717, 1.165) is 4.90 Å². The van der Waals surface area contributed by atoms with Crippen LogP contribution in [0.15, 0.2) is 12.4 Å². The number of β-lactam (4-membered cyclic amide) rings is 1. The lowest BCUT2D eigenvalue weighted by atomic mass is 9.96. The Bertz CT molecular complexity index is 887. The van der Waals surface area contributed by atoms with Crippen LogP contribution in [-0.4, -0.2) is 79.0 Å². The van der Waals surface area contributed by atoms with E-state index in [1.165, 1.54) is 24.0 Å². The fraction of sp³-hybridized carbons (Fsp3) is 0.600. The van der Waals surface area contributed by atoms with Gasteiger partial charge < -0.3 is 10.0 Å². The predicted molar refractivity (Wildman–Crippen MR) is 78.2 cm³/mol. The summed E-state index contributed by atoms with van der Waals surface area (Å²) >= 11 is 0. The molecule has 2 saturated heterocycles.